The topological polar surface area (TPSA) is 41.4 Å². The van der Waals surface area contributed by atoms with E-state index in [1.807, 2.05) is 12.1 Å². The molecule has 0 spiro atoms. The van der Waals surface area contributed by atoms with Crippen LogP contribution in [0.25, 0.3) is 5.70 Å². The van der Waals surface area contributed by atoms with Gasteiger partial charge in [-0.1, -0.05) is 30.8 Å². The Morgan fingerprint density at radius 3 is 2.28 bits per heavy atom. The Labute approximate surface area is 185 Å². The van der Waals surface area contributed by atoms with Gasteiger partial charge >= 0.3 is 0 Å². The lowest BCUT2D eigenvalue weighted by Gasteiger charge is -2.52. The van der Waals surface area contributed by atoms with Gasteiger partial charge in [-0.15, -0.1) is 0 Å². The van der Waals surface area contributed by atoms with E-state index in [1.165, 1.54) is 30.5 Å². The zero-order chi connectivity index (χ0) is 22.4. The minimum absolute atomic E-state index is 0.158. The normalized spacial score (nSPS) is 18.6. The summed E-state index contributed by atoms with van der Waals surface area (Å²) in [5.41, 5.74) is 3.22. The van der Waals surface area contributed by atoms with Crippen molar-refractivity contribution in [2.24, 2.45) is 0 Å². The monoisotopic (exact) mass is 434 g/mol. The number of aromatic nitrogens is 2. The highest BCUT2D eigenvalue weighted by atomic mass is 19.1. The lowest BCUT2D eigenvalue weighted by Crippen LogP contribution is -2.55. The van der Waals surface area contributed by atoms with Gasteiger partial charge < -0.3 is 5.01 Å². The first-order chi connectivity index (χ1) is 15.5. The van der Waals surface area contributed by atoms with Crippen LogP contribution >= 0.6 is 0 Å². The Hall–Kier alpha value is -3.32. The molecule has 1 aromatic heterocycles. The fourth-order valence-electron chi connectivity index (χ4n) is 4.96. The number of benzene rings is 2. The first-order valence-electron chi connectivity index (χ1n) is 10.8. The van der Waals surface area contributed by atoms with Gasteiger partial charge in [0.05, 0.1) is 17.6 Å². The van der Waals surface area contributed by atoms with Gasteiger partial charge in [0, 0.05) is 24.6 Å². The molecule has 3 aromatic rings. The summed E-state index contributed by atoms with van der Waals surface area (Å²) < 4.78 is 30.5. The number of hydrogen-bond acceptors (Lipinski definition) is 4. The Morgan fingerprint density at radius 1 is 1.03 bits per heavy atom. The molecular formula is C25H24F2N4O. The highest BCUT2D eigenvalue weighted by molar-refractivity contribution is 5.62. The molecule has 0 saturated carbocycles. The van der Waals surface area contributed by atoms with Gasteiger partial charge in [0.2, 0.25) is 5.43 Å². The number of hydrazine groups is 1. The Morgan fingerprint density at radius 2 is 1.66 bits per heavy atom. The van der Waals surface area contributed by atoms with E-state index in [2.05, 4.69) is 21.7 Å². The third-order valence-electron chi connectivity index (χ3n) is 6.43. The molecule has 0 radical (unpaired) electrons. The van der Waals surface area contributed by atoms with E-state index >= 15 is 0 Å². The molecule has 1 unspecified atom stereocenters. The van der Waals surface area contributed by atoms with Crippen LogP contribution in [-0.4, -0.2) is 32.9 Å². The van der Waals surface area contributed by atoms with Gasteiger partial charge in [0.15, 0.2) is 0 Å². The predicted molar refractivity (Wildman–Crippen MR) is 119 cm³/mol. The van der Waals surface area contributed by atoms with E-state index in [9.17, 15) is 13.6 Å². The van der Waals surface area contributed by atoms with E-state index in [4.69, 9.17) is 0 Å². The van der Waals surface area contributed by atoms with E-state index < -0.39 is 12.1 Å². The molecule has 2 aliphatic rings. The Balaban J connectivity index is 1.79. The number of rotatable bonds is 3. The summed E-state index contributed by atoms with van der Waals surface area (Å²) in [6.07, 6.45) is 2.87. The first-order valence-corrected chi connectivity index (χ1v) is 10.8. The maximum absolute atomic E-state index is 14.3. The van der Waals surface area contributed by atoms with Crippen LogP contribution in [0.5, 0.6) is 0 Å². The SMILES string of the molecule is C=C1c2c(C)c(=O)cnn2C(C(c2cccc(F)c2)c2cccc(F)c2)N2CCCCN12. The van der Waals surface area contributed by atoms with Crippen molar-refractivity contribution in [3.8, 4) is 0 Å². The molecule has 0 N–H and O–H groups in total. The zero-order valence-electron chi connectivity index (χ0n) is 17.8. The quantitative estimate of drug-likeness (QED) is 0.611. The molecule has 164 valence electrons. The number of nitrogens with zero attached hydrogens (tertiary/aromatic N) is 4. The van der Waals surface area contributed by atoms with E-state index in [0.29, 0.717) is 22.4 Å². The molecule has 1 atom stereocenters. The molecule has 5 rings (SSSR count). The molecular weight excluding hydrogens is 410 g/mol. The Kier molecular flexibility index (Phi) is 5.13. The number of hydrogen-bond donors (Lipinski definition) is 0. The first kappa shape index (κ1) is 20.6. The molecule has 1 saturated heterocycles. The zero-order valence-corrected chi connectivity index (χ0v) is 17.8. The maximum atomic E-state index is 14.3. The lowest BCUT2D eigenvalue weighted by molar-refractivity contribution is -0.0872. The number of halogens is 2. The minimum atomic E-state index is -0.428. The second-order valence-corrected chi connectivity index (χ2v) is 8.37. The standard InChI is InChI=1S/C25H24F2N4O/c1-16-22(32)15-28-31-24(16)17(2)29-11-3-4-12-30(29)25(31)23(18-7-5-9-20(26)13-18)19-8-6-10-21(27)14-19/h5-10,13-15,23,25H,2-4,11-12H2,1H3. The van der Waals surface area contributed by atoms with Crippen molar-refractivity contribution in [3.63, 3.8) is 0 Å². The van der Waals surface area contributed by atoms with Gasteiger partial charge in [-0.25, -0.2) is 13.5 Å². The molecule has 2 aliphatic heterocycles. The summed E-state index contributed by atoms with van der Waals surface area (Å²) in [7, 11) is 0. The molecule has 1 fully saturated rings. The van der Waals surface area contributed by atoms with Crippen LogP contribution in [0.15, 0.2) is 66.1 Å². The van der Waals surface area contributed by atoms with Crippen LogP contribution in [0.2, 0.25) is 0 Å². The largest absolute Gasteiger partial charge is 0.302 e. The van der Waals surface area contributed by atoms with Crippen molar-refractivity contribution in [1.82, 2.24) is 19.8 Å². The molecule has 32 heavy (non-hydrogen) atoms. The summed E-state index contributed by atoms with van der Waals surface area (Å²) in [4.78, 5) is 12.5. The van der Waals surface area contributed by atoms with Gasteiger partial charge in [0.25, 0.3) is 0 Å². The molecule has 7 heteroatoms. The predicted octanol–water partition coefficient (Wildman–Crippen LogP) is 4.46. The van der Waals surface area contributed by atoms with Crippen LogP contribution < -0.4 is 5.43 Å². The van der Waals surface area contributed by atoms with Gasteiger partial charge in [-0.2, -0.15) is 10.1 Å². The highest BCUT2D eigenvalue weighted by Gasteiger charge is 2.42. The second kappa shape index (κ2) is 7.98. The summed E-state index contributed by atoms with van der Waals surface area (Å²) in [6, 6.07) is 12.8. The molecule has 2 aromatic carbocycles. The summed E-state index contributed by atoms with van der Waals surface area (Å²) in [5.74, 6) is -1.14. The summed E-state index contributed by atoms with van der Waals surface area (Å²) >= 11 is 0. The maximum Gasteiger partial charge on any atom is 0.203 e. The van der Waals surface area contributed by atoms with Crippen LogP contribution in [0.1, 0.15) is 47.3 Å². The third kappa shape index (κ3) is 3.33. The highest BCUT2D eigenvalue weighted by Crippen LogP contribution is 2.45. The molecule has 0 aliphatic carbocycles. The Bertz CT molecular complexity index is 1210. The molecule has 0 bridgehead atoms. The fraction of sp³-hybridized carbons (Fsp3) is 0.280. The van der Waals surface area contributed by atoms with Gasteiger partial charge in [-0.3, -0.25) is 4.79 Å². The summed E-state index contributed by atoms with van der Waals surface area (Å²) in [5, 5.41) is 8.78. The van der Waals surface area contributed by atoms with Crippen molar-refractivity contribution in [2.45, 2.75) is 31.8 Å². The third-order valence-corrected chi connectivity index (χ3v) is 6.43. The lowest BCUT2D eigenvalue weighted by atomic mass is 9.86. The van der Waals surface area contributed by atoms with Crippen LogP contribution in [0, 0.1) is 18.6 Å². The van der Waals surface area contributed by atoms with Crippen LogP contribution in [-0.2, 0) is 0 Å². The average Bonchev–Trinajstić information content (AvgIpc) is 2.78. The van der Waals surface area contributed by atoms with E-state index in [-0.39, 0.29) is 17.1 Å². The van der Waals surface area contributed by atoms with Crippen LogP contribution in [0.4, 0.5) is 8.78 Å². The molecule has 3 heterocycles. The van der Waals surface area contributed by atoms with Gasteiger partial charge in [-0.05, 0) is 55.2 Å². The van der Waals surface area contributed by atoms with Crippen molar-refractivity contribution < 1.29 is 8.78 Å². The second-order valence-electron chi connectivity index (χ2n) is 8.37. The smallest absolute Gasteiger partial charge is 0.203 e. The van der Waals surface area contributed by atoms with Crippen LogP contribution in [0.3, 0.4) is 0 Å². The molecule has 0 amide bonds. The van der Waals surface area contributed by atoms with E-state index in [0.717, 1.165) is 31.6 Å². The minimum Gasteiger partial charge on any atom is -0.302 e. The molecule has 5 nitrogen and oxygen atoms in total. The van der Waals surface area contributed by atoms with Crippen molar-refractivity contribution in [1.29, 1.82) is 0 Å². The van der Waals surface area contributed by atoms with E-state index in [1.54, 1.807) is 23.7 Å². The summed E-state index contributed by atoms with van der Waals surface area (Å²) in [6.45, 7) is 7.56. The van der Waals surface area contributed by atoms with Gasteiger partial charge in [0.1, 0.15) is 17.8 Å². The van der Waals surface area contributed by atoms with Crippen molar-refractivity contribution in [3.05, 3.63) is 106 Å². The number of fused-ring (bicyclic) bond motifs is 2. The van der Waals surface area contributed by atoms with Crippen molar-refractivity contribution >= 4 is 5.70 Å². The average molecular weight is 434 g/mol. The van der Waals surface area contributed by atoms with Crippen molar-refractivity contribution in [2.75, 3.05) is 13.1 Å². The fourth-order valence-corrected chi connectivity index (χ4v) is 4.96.